The zero-order valence-electron chi connectivity index (χ0n) is 14.5. The number of benzene rings is 1. The van der Waals surface area contributed by atoms with Gasteiger partial charge >= 0.3 is 5.97 Å². The molecule has 3 nitrogen and oxygen atoms in total. The summed E-state index contributed by atoms with van der Waals surface area (Å²) in [6.07, 6.45) is 3.65. The topological polar surface area (TPSA) is 35.5 Å². The average Bonchev–Trinajstić information content (AvgIpc) is 2.56. The zero-order valence-corrected chi connectivity index (χ0v) is 16.7. The Bertz CT molecular complexity index is 445. The summed E-state index contributed by atoms with van der Waals surface area (Å²) in [5.74, 6) is 0.161. The number of ether oxygens (including phenoxy) is 2. The molecular weight excluding hydrogens is 403 g/mol. The zero-order chi connectivity index (χ0) is 17.1. The van der Waals surface area contributed by atoms with E-state index in [-0.39, 0.29) is 17.3 Å². The minimum absolute atomic E-state index is 0.121. The Morgan fingerprint density at radius 1 is 1.26 bits per heavy atom. The molecular formula is C19H29IO3. The summed E-state index contributed by atoms with van der Waals surface area (Å²) in [5, 5.41) is 0. The molecule has 0 aromatic heterocycles. The summed E-state index contributed by atoms with van der Waals surface area (Å²) in [7, 11) is 1.46. The van der Waals surface area contributed by atoms with E-state index in [1.54, 1.807) is 0 Å². The fourth-order valence-electron chi connectivity index (χ4n) is 2.77. The molecule has 1 atom stereocenters. The van der Waals surface area contributed by atoms with E-state index < -0.39 is 0 Å². The van der Waals surface area contributed by atoms with Crippen molar-refractivity contribution >= 4 is 28.6 Å². The van der Waals surface area contributed by atoms with Gasteiger partial charge in [0.2, 0.25) is 0 Å². The Balaban J connectivity index is 2.50. The van der Waals surface area contributed by atoms with Crippen molar-refractivity contribution < 1.29 is 14.3 Å². The first-order valence-electron chi connectivity index (χ1n) is 8.24. The van der Waals surface area contributed by atoms with Crippen LogP contribution in [0.5, 0.6) is 0 Å². The van der Waals surface area contributed by atoms with E-state index in [0.717, 1.165) is 17.3 Å². The van der Waals surface area contributed by atoms with Crippen LogP contribution >= 0.6 is 22.6 Å². The largest absolute Gasteiger partial charge is 0.469 e. The first-order valence-corrected chi connectivity index (χ1v) is 9.76. The number of halogens is 1. The third kappa shape index (κ3) is 8.15. The Morgan fingerprint density at radius 2 is 1.96 bits per heavy atom. The van der Waals surface area contributed by atoms with Crippen LogP contribution < -0.4 is 0 Å². The molecule has 1 rings (SSSR count). The molecule has 0 aliphatic carbocycles. The van der Waals surface area contributed by atoms with Crippen molar-refractivity contribution in [3.63, 3.8) is 0 Å². The van der Waals surface area contributed by atoms with Gasteiger partial charge in [0, 0.05) is 13.0 Å². The maximum absolute atomic E-state index is 11.7. The molecule has 0 amide bonds. The smallest absolute Gasteiger partial charge is 0.305 e. The molecule has 0 unspecified atom stereocenters. The van der Waals surface area contributed by atoms with Gasteiger partial charge in [-0.2, -0.15) is 0 Å². The highest BCUT2D eigenvalue weighted by Gasteiger charge is 2.30. The predicted molar refractivity (Wildman–Crippen MR) is 103 cm³/mol. The second kappa shape index (κ2) is 11.0. The van der Waals surface area contributed by atoms with Crippen molar-refractivity contribution in [2.75, 3.05) is 18.1 Å². The van der Waals surface area contributed by atoms with Crippen LogP contribution in [0.3, 0.4) is 0 Å². The molecule has 130 valence electrons. The minimum Gasteiger partial charge on any atom is -0.469 e. The molecule has 23 heavy (non-hydrogen) atoms. The van der Waals surface area contributed by atoms with E-state index >= 15 is 0 Å². The maximum Gasteiger partial charge on any atom is 0.305 e. The number of esters is 1. The first-order chi connectivity index (χ1) is 11.0. The maximum atomic E-state index is 11.7. The van der Waals surface area contributed by atoms with E-state index in [2.05, 4.69) is 48.6 Å². The van der Waals surface area contributed by atoms with Crippen LogP contribution in [0.15, 0.2) is 30.3 Å². The fourth-order valence-corrected chi connectivity index (χ4v) is 3.15. The van der Waals surface area contributed by atoms with Crippen LogP contribution in [-0.4, -0.2) is 24.1 Å². The second-order valence-electron chi connectivity index (χ2n) is 6.59. The van der Waals surface area contributed by atoms with Crippen molar-refractivity contribution in [3.05, 3.63) is 35.9 Å². The molecule has 0 heterocycles. The quantitative estimate of drug-likeness (QED) is 0.213. The summed E-state index contributed by atoms with van der Waals surface area (Å²) in [6, 6.07) is 10.2. The SMILES string of the molecule is COC(=O)C[C@H](CCOCc1ccccc1)C(C)(C)CCCI. The lowest BCUT2D eigenvalue weighted by molar-refractivity contribution is -0.143. The van der Waals surface area contributed by atoms with Crippen LogP contribution in [0, 0.1) is 11.3 Å². The van der Waals surface area contributed by atoms with Gasteiger partial charge in [-0.05, 0) is 40.6 Å². The van der Waals surface area contributed by atoms with Gasteiger partial charge in [0.05, 0.1) is 13.7 Å². The van der Waals surface area contributed by atoms with E-state index in [1.807, 2.05) is 18.2 Å². The van der Waals surface area contributed by atoms with Crippen molar-refractivity contribution in [1.29, 1.82) is 0 Å². The molecule has 1 aromatic rings. The van der Waals surface area contributed by atoms with Gasteiger partial charge in [-0.15, -0.1) is 0 Å². The third-order valence-electron chi connectivity index (χ3n) is 4.42. The summed E-state index contributed by atoms with van der Waals surface area (Å²) in [4.78, 5) is 11.7. The van der Waals surface area contributed by atoms with Gasteiger partial charge in [0.15, 0.2) is 0 Å². The van der Waals surface area contributed by atoms with Crippen LogP contribution in [-0.2, 0) is 20.9 Å². The van der Waals surface area contributed by atoms with E-state index in [1.165, 1.54) is 19.1 Å². The highest BCUT2D eigenvalue weighted by Crippen LogP contribution is 2.37. The van der Waals surface area contributed by atoms with Gasteiger partial charge < -0.3 is 9.47 Å². The molecule has 0 aliphatic rings. The van der Waals surface area contributed by atoms with Crippen molar-refractivity contribution in [1.82, 2.24) is 0 Å². The van der Waals surface area contributed by atoms with E-state index in [9.17, 15) is 4.79 Å². The number of alkyl halides is 1. The lowest BCUT2D eigenvalue weighted by Crippen LogP contribution is -2.28. The number of methoxy groups -OCH3 is 1. The third-order valence-corrected chi connectivity index (χ3v) is 5.19. The molecule has 1 aromatic carbocycles. The number of hydrogen-bond donors (Lipinski definition) is 0. The molecule has 4 heteroatoms. The van der Waals surface area contributed by atoms with Gasteiger partial charge in [-0.25, -0.2) is 0 Å². The first kappa shape index (κ1) is 20.4. The summed E-state index contributed by atoms with van der Waals surface area (Å²) >= 11 is 2.41. The highest BCUT2D eigenvalue weighted by atomic mass is 127. The van der Waals surface area contributed by atoms with Gasteiger partial charge in [-0.1, -0.05) is 66.8 Å². The fraction of sp³-hybridized carbons (Fsp3) is 0.632. The van der Waals surface area contributed by atoms with Gasteiger partial charge in [-0.3, -0.25) is 4.79 Å². The molecule has 0 aliphatic heterocycles. The Labute approximate surface area is 154 Å². The predicted octanol–water partition coefficient (Wildman–Crippen LogP) is 5.01. The minimum atomic E-state index is -0.124. The molecule has 0 bridgehead atoms. The Hall–Kier alpha value is -0.620. The van der Waals surface area contributed by atoms with E-state index in [0.29, 0.717) is 19.6 Å². The normalized spacial score (nSPS) is 12.9. The van der Waals surface area contributed by atoms with Crippen LogP contribution in [0.2, 0.25) is 0 Å². The monoisotopic (exact) mass is 432 g/mol. The summed E-state index contributed by atoms with van der Waals surface area (Å²) in [6.45, 7) is 5.80. The molecule has 0 fully saturated rings. The lowest BCUT2D eigenvalue weighted by atomic mass is 9.72. The van der Waals surface area contributed by atoms with Gasteiger partial charge in [0.25, 0.3) is 0 Å². The second-order valence-corrected chi connectivity index (χ2v) is 7.66. The molecule has 0 saturated carbocycles. The molecule has 0 radical (unpaired) electrons. The van der Waals surface area contributed by atoms with Gasteiger partial charge in [0.1, 0.15) is 0 Å². The van der Waals surface area contributed by atoms with Crippen molar-refractivity contribution in [3.8, 4) is 0 Å². The molecule has 0 spiro atoms. The highest BCUT2D eigenvalue weighted by molar-refractivity contribution is 14.1. The van der Waals surface area contributed by atoms with Crippen molar-refractivity contribution in [2.45, 2.75) is 46.1 Å². The molecule has 0 N–H and O–H groups in total. The number of carbonyl (C=O) groups excluding carboxylic acids is 1. The van der Waals surface area contributed by atoms with Crippen LogP contribution in [0.1, 0.15) is 45.1 Å². The van der Waals surface area contributed by atoms with Crippen molar-refractivity contribution in [2.24, 2.45) is 11.3 Å². The number of hydrogen-bond acceptors (Lipinski definition) is 3. The molecule has 0 saturated heterocycles. The Morgan fingerprint density at radius 3 is 2.57 bits per heavy atom. The lowest BCUT2D eigenvalue weighted by Gasteiger charge is -2.34. The number of rotatable bonds is 11. The standard InChI is InChI=1S/C19H29IO3/c1-19(2,11-7-12-20)17(14-18(21)22-3)10-13-23-15-16-8-5-4-6-9-16/h4-6,8-9,17H,7,10-15H2,1-3H3/t17-/m0/s1. The van der Waals surface area contributed by atoms with E-state index in [4.69, 9.17) is 9.47 Å². The average molecular weight is 432 g/mol. The van der Waals surface area contributed by atoms with Crippen LogP contribution in [0.4, 0.5) is 0 Å². The summed E-state index contributed by atoms with van der Waals surface area (Å²) in [5.41, 5.74) is 1.30. The summed E-state index contributed by atoms with van der Waals surface area (Å²) < 4.78 is 11.8. The van der Waals surface area contributed by atoms with Crippen LogP contribution in [0.25, 0.3) is 0 Å². The Kier molecular flexibility index (Phi) is 9.79. The number of carbonyl (C=O) groups is 1.